The molecule has 0 aromatic heterocycles. The molecule has 2 rings (SSSR count). The molecule has 0 atom stereocenters. The van der Waals surface area contributed by atoms with Crippen molar-refractivity contribution in [2.45, 2.75) is 32.7 Å². The van der Waals surface area contributed by atoms with Crippen molar-refractivity contribution in [3.05, 3.63) is 71.3 Å². The topological polar surface area (TPSA) is 24.1 Å². The third-order valence-corrected chi connectivity index (χ3v) is 3.93. The van der Waals surface area contributed by atoms with Crippen LogP contribution in [0, 0.1) is 0 Å². The summed E-state index contributed by atoms with van der Waals surface area (Å²) in [6.07, 6.45) is 0.978. The first-order valence-corrected chi connectivity index (χ1v) is 8.20. The summed E-state index contributed by atoms with van der Waals surface area (Å²) in [5.74, 6) is 0.585. The fraction of sp³-hybridized carbons (Fsp3) is 0.316. The van der Waals surface area contributed by atoms with Crippen molar-refractivity contribution in [1.82, 2.24) is 10.6 Å². The van der Waals surface area contributed by atoms with Crippen molar-refractivity contribution >= 4 is 17.3 Å². The minimum absolute atomic E-state index is 0.585. The molecule has 0 unspecified atom stereocenters. The predicted octanol–water partition coefficient (Wildman–Crippen LogP) is 4.02. The van der Waals surface area contributed by atoms with E-state index in [9.17, 15) is 0 Å². The van der Waals surface area contributed by atoms with E-state index in [0.717, 1.165) is 19.5 Å². The Morgan fingerprint density at radius 2 is 1.59 bits per heavy atom. The summed E-state index contributed by atoms with van der Waals surface area (Å²) >= 11 is 5.30. The van der Waals surface area contributed by atoms with Crippen LogP contribution in [0.4, 0.5) is 0 Å². The molecule has 2 N–H and O–H groups in total. The van der Waals surface area contributed by atoms with Crippen molar-refractivity contribution in [2.75, 3.05) is 6.54 Å². The van der Waals surface area contributed by atoms with Crippen molar-refractivity contribution in [2.24, 2.45) is 0 Å². The van der Waals surface area contributed by atoms with Gasteiger partial charge in [-0.2, -0.15) is 0 Å². The van der Waals surface area contributed by atoms with Gasteiger partial charge in [-0.05, 0) is 41.2 Å². The second-order valence-corrected chi connectivity index (χ2v) is 6.15. The highest BCUT2D eigenvalue weighted by atomic mass is 32.1. The lowest BCUT2D eigenvalue weighted by atomic mass is 10.0. The second kappa shape index (κ2) is 8.54. The number of hydrogen-bond acceptors (Lipinski definition) is 1. The van der Waals surface area contributed by atoms with Gasteiger partial charge in [0.15, 0.2) is 5.11 Å². The average Bonchev–Trinajstić information content (AvgIpc) is 2.54. The lowest BCUT2D eigenvalue weighted by Crippen LogP contribution is -2.35. The van der Waals surface area contributed by atoms with Crippen LogP contribution >= 0.6 is 12.2 Å². The van der Waals surface area contributed by atoms with Crippen molar-refractivity contribution in [3.8, 4) is 0 Å². The summed E-state index contributed by atoms with van der Waals surface area (Å²) < 4.78 is 0. The first-order chi connectivity index (χ1) is 10.6. The van der Waals surface area contributed by atoms with E-state index < -0.39 is 0 Å². The van der Waals surface area contributed by atoms with Gasteiger partial charge in [0.2, 0.25) is 0 Å². The first kappa shape index (κ1) is 16.5. The average molecular weight is 312 g/mol. The van der Waals surface area contributed by atoms with E-state index in [0.29, 0.717) is 11.0 Å². The molecule has 2 nitrogen and oxygen atoms in total. The summed E-state index contributed by atoms with van der Waals surface area (Å²) in [5, 5.41) is 7.20. The highest BCUT2D eigenvalue weighted by Crippen LogP contribution is 2.14. The monoisotopic (exact) mass is 312 g/mol. The molecular weight excluding hydrogens is 288 g/mol. The quantitative estimate of drug-likeness (QED) is 0.788. The Morgan fingerprint density at radius 1 is 0.909 bits per heavy atom. The van der Waals surface area contributed by atoms with Crippen LogP contribution in [0.2, 0.25) is 0 Å². The standard InChI is InChI=1S/C19H24N2S/c1-15(2)18-10-8-16(9-11-18)12-13-20-19(22)21-14-17-6-4-3-5-7-17/h3-11,15H,12-14H2,1-2H3,(H2,20,21,22). The number of thiocarbonyl (C=S) groups is 1. The maximum absolute atomic E-state index is 5.30. The molecule has 0 saturated carbocycles. The molecule has 0 amide bonds. The van der Waals surface area contributed by atoms with Gasteiger partial charge in [-0.3, -0.25) is 0 Å². The summed E-state index contributed by atoms with van der Waals surface area (Å²) in [4.78, 5) is 0. The molecule has 3 heteroatoms. The van der Waals surface area contributed by atoms with Crippen LogP contribution in [0.25, 0.3) is 0 Å². The third kappa shape index (κ3) is 5.49. The minimum Gasteiger partial charge on any atom is -0.362 e. The highest BCUT2D eigenvalue weighted by molar-refractivity contribution is 7.80. The van der Waals surface area contributed by atoms with E-state index in [1.807, 2.05) is 18.2 Å². The van der Waals surface area contributed by atoms with Crippen LogP contribution in [0.1, 0.15) is 36.5 Å². The molecule has 0 heterocycles. The zero-order valence-electron chi connectivity index (χ0n) is 13.3. The summed E-state index contributed by atoms with van der Waals surface area (Å²) in [7, 11) is 0. The zero-order valence-corrected chi connectivity index (χ0v) is 14.1. The fourth-order valence-electron chi connectivity index (χ4n) is 2.23. The molecule has 0 aliphatic heterocycles. The maximum Gasteiger partial charge on any atom is 0.166 e. The molecule has 0 bridgehead atoms. The SMILES string of the molecule is CC(C)c1ccc(CCNC(=S)NCc2ccccc2)cc1. The van der Waals surface area contributed by atoms with Gasteiger partial charge in [-0.1, -0.05) is 68.4 Å². The Kier molecular flexibility index (Phi) is 6.41. The van der Waals surface area contributed by atoms with E-state index in [-0.39, 0.29) is 0 Å². The van der Waals surface area contributed by atoms with Gasteiger partial charge < -0.3 is 10.6 Å². The molecule has 0 aliphatic carbocycles. The van der Waals surface area contributed by atoms with Crippen LogP contribution in [0.15, 0.2) is 54.6 Å². The number of hydrogen-bond donors (Lipinski definition) is 2. The molecule has 0 fully saturated rings. The van der Waals surface area contributed by atoms with E-state index in [1.54, 1.807) is 0 Å². The highest BCUT2D eigenvalue weighted by Gasteiger charge is 2.00. The Morgan fingerprint density at radius 3 is 2.23 bits per heavy atom. The van der Waals surface area contributed by atoms with E-state index >= 15 is 0 Å². The Balaban J connectivity index is 1.68. The summed E-state index contributed by atoms with van der Waals surface area (Å²) in [5.41, 5.74) is 3.95. The van der Waals surface area contributed by atoms with Crippen molar-refractivity contribution in [1.29, 1.82) is 0 Å². The number of nitrogens with one attached hydrogen (secondary N) is 2. The molecule has 0 radical (unpaired) electrons. The Bertz CT molecular complexity index is 576. The van der Waals surface area contributed by atoms with Gasteiger partial charge in [0, 0.05) is 13.1 Å². The van der Waals surface area contributed by atoms with Gasteiger partial charge in [-0.15, -0.1) is 0 Å². The molecule has 0 saturated heterocycles. The number of benzene rings is 2. The third-order valence-electron chi connectivity index (χ3n) is 3.64. The molecule has 0 aliphatic rings. The summed E-state index contributed by atoms with van der Waals surface area (Å²) in [6, 6.07) is 19.1. The van der Waals surface area contributed by atoms with Crippen LogP contribution in [-0.4, -0.2) is 11.7 Å². The number of rotatable bonds is 6. The largest absolute Gasteiger partial charge is 0.362 e. The van der Waals surface area contributed by atoms with Gasteiger partial charge in [-0.25, -0.2) is 0 Å². The lowest BCUT2D eigenvalue weighted by molar-refractivity contribution is 0.812. The maximum atomic E-state index is 5.30. The van der Waals surface area contributed by atoms with Gasteiger partial charge in [0.05, 0.1) is 0 Å². The van der Waals surface area contributed by atoms with Crippen molar-refractivity contribution < 1.29 is 0 Å². The smallest absolute Gasteiger partial charge is 0.166 e. The molecule has 22 heavy (non-hydrogen) atoms. The first-order valence-electron chi connectivity index (χ1n) is 7.79. The van der Waals surface area contributed by atoms with Crippen LogP contribution in [-0.2, 0) is 13.0 Å². The van der Waals surface area contributed by atoms with E-state index in [2.05, 4.69) is 60.9 Å². The molecule has 116 valence electrons. The lowest BCUT2D eigenvalue weighted by Gasteiger charge is -2.11. The normalized spacial score (nSPS) is 10.5. The molecule has 2 aromatic rings. The predicted molar refractivity (Wildman–Crippen MR) is 98.1 cm³/mol. The Labute approximate surface area is 139 Å². The summed E-state index contributed by atoms with van der Waals surface area (Å²) in [6.45, 7) is 6.04. The van der Waals surface area contributed by atoms with Gasteiger partial charge in [0.25, 0.3) is 0 Å². The van der Waals surface area contributed by atoms with E-state index in [1.165, 1.54) is 16.7 Å². The van der Waals surface area contributed by atoms with Crippen LogP contribution in [0.5, 0.6) is 0 Å². The van der Waals surface area contributed by atoms with E-state index in [4.69, 9.17) is 12.2 Å². The van der Waals surface area contributed by atoms with Gasteiger partial charge in [0.1, 0.15) is 0 Å². The molecular formula is C19H24N2S. The fourth-order valence-corrected chi connectivity index (χ4v) is 2.40. The Hall–Kier alpha value is -1.87. The minimum atomic E-state index is 0.585. The van der Waals surface area contributed by atoms with Gasteiger partial charge >= 0.3 is 0 Å². The second-order valence-electron chi connectivity index (χ2n) is 5.74. The molecule has 2 aromatic carbocycles. The van der Waals surface area contributed by atoms with Crippen molar-refractivity contribution in [3.63, 3.8) is 0 Å². The van der Waals surface area contributed by atoms with Crippen LogP contribution < -0.4 is 10.6 Å². The van der Waals surface area contributed by atoms with Crippen LogP contribution in [0.3, 0.4) is 0 Å². The molecule has 0 spiro atoms. The zero-order chi connectivity index (χ0) is 15.8.